The van der Waals surface area contributed by atoms with Crippen molar-refractivity contribution in [2.75, 3.05) is 0 Å². The molecule has 0 spiro atoms. The first kappa shape index (κ1) is 29.0. The number of hydrogen-bond donors (Lipinski definition) is 0. The smallest absolute Gasteiger partial charge is 0.164 e. The van der Waals surface area contributed by atoms with Crippen molar-refractivity contribution in [3.8, 4) is 45.3 Å². The Morgan fingerprint density at radius 3 is 1.18 bits per heavy atom. The van der Waals surface area contributed by atoms with Gasteiger partial charge in [0.15, 0.2) is 17.5 Å². The monoisotopic (exact) mass is 703 g/mol. The molecule has 11 aromatic rings. The molecular weight excluding hydrogens is 679 g/mol. The predicted molar refractivity (Wildman–Crippen MR) is 220 cm³/mol. The quantitative estimate of drug-likeness (QED) is 0.183. The third-order valence-electron chi connectivity index (χ3n) is 9.76. The second-order valence-corrected chi connectivity index (χ2v) is 16.0. The Bertz CT molecular complexity index is 3040. The lowest BCUT2D eigenvalue weighted by molar-refractivity contribution is 1.08. The Morgan fingerprint density at radius 2 is 0.667 bits per heavy atom. The summed E-state index contributed by atoms with van der Waals surface area (Å²) in [6, 6.07) is 54.2. The molecule has 0 aliphatic carbocycles. The van der Waals surface area contributed by atoms with Crippen LogP contribution in [-0.2, 0) is 0 Å². The fourth-order valence-corrected chi connectivity index (χ4v) is 10.9. The summed E-state index contributed by atoms with van der Waals surface area (Å²) in [4.78, 5) is 15.9. The van der Waals surface area contributed by atoms with E-state index in [1.165, 1.54) is 66.1 Å². The zero-order valence-corrected chi connectivity index (χ0v) is 29.4. The second kappa shape index (κ2) is 11.4. The molecule has 51 heavy (non-hydrogen) atoms. The molecule has 0 bridgehead atoms. The van der Waals surface area contributed by atoms with E-state index in [0.29, 0.717) is 17.5 Å². The molecule has 0 aliphatic heterocycles. The predicted octanol–water partition coefficient (Wildman–Crippen LogP) is 13.6. The number of nitrogens with zero attached hydrogens (tertiary/aromatic N) is 3. The van der Waals surface area contributed by atoms with E-state index in [1.807, 2.05) is 34.0 Å². The van der Waals surface area contributed by atoms with E-state index in [0.717, 1.165) is 22.3 Å². The van der Waals surface area contributed by atoms with E-state index in [4.69, 9.17) is 15.0 Å². The number of rotatable bonds is 4. The lowest BCUT2D eigenvalue weighted by Crippen LogP contribution is -2.01. The van der Waals surface area contributed by atoms with Gasteiger partial charge in [-0.3, -0.25) is 0 Å². The first-order chi connectivity index (χ1) is 25.3. The minimum atomic E-state index is 0.660. The van der Waals surface area contributed by atoms with Crippen molar-refractivity contribution in [3.05, 3.63) is 152 Å². The highest BCUT2D eigenvalue weighted by Gasteiger charge is 2.20. The molecule has 0 atom stereocenters. The molecule has 238 valence electrons. The molecule has 0 radical (unpaired) electrons. The number of thiophene rings is 3. The highest BCUT2D eigenvalue weighted by Crippen LogP contribution is 2.43. The van der Waals surface area contributed by atoms with Crippen molar-refractivity contribution in [2.45, 2.75) is 0 Å². The van der Waals surface area contributed by atoms with Gasteiger partial charge in [-0.05, 0) is 53.6 Å². The van der Waals surface area contributed by atoms with Crippen LogP contribution in [0.25, 0.3) is 106 Å². The highest BCUT2D eigenvalue weighted by molar-refractivity contribution is 7.26. The van der Waals surface area contributed by atoms with E-state index in [2.05, 4.69) is 152 Å². The largest absolute Gasteiger partial charge is 0.208 e. The van der Waals surface area contributed by atoms with Crippen LogP contribution in [0.3, 0.4) is 0 Å². The molecule has 0 saturated carbocycles. The Hall–Kier alpha value is -5.79. The lowest BCUT2D eigenvalue weighted by Gasteiger charge is -2.12. The van der Waals surface area contributed by atoms with Gasteiger partial charge in [-0.25, -0.2) is 15.0 Å². The number of aromatic nitrogens is 3. The van der Waals surface area contributed by atoms with Crippen LogP contribution in [0.5, 0.6) is 0 Å². The normalized spacial score (nSPS) is 11.9. The Kier molecular flexibility index (Phi) is 6.46. The van der Waals surface area contributed by atoms with Crippen LogP contribution in [0, 0.1) is 0 Å². The van der Waals surface area contributed by atoms with E-state index in [-0.39, 0.29) is 0 Å². The number of fused-ring (bicyclic) bond motifs is 9. The van der Waals surface area contributed by atoms with Crippen molar-refractivity contribution in [1.29, 1.82) is 0 Å². The molecule has 6 heteroatoms. The summed E-state index contributed by atoms with van der Waals surface area (Å²) < 4.78 is 7.55. The Balaban J connectivity index is 1.18. The molecule has 4 aromatic heterocycles. The molecule has 0 unspecified atom stereocenters. The third kappa shape index (κ3) is 4.58. The SMILES string of the molecule is c1cc(-c2nc(-c3cccc4sc5ccccc5c34)nc(-c3cccc4sc5ccccc5c34)n2)cc(-c2cccc3sc4ccccc4c23)c1. The van der Waals surface area contributed by atoms with Gasteiger partial charge in [0.25, 0.3) is 0 Å². The average molecular weight is 704 g/mol. The summed E-state index contributed by atoms with van der Waals surface area (Å²) in [6.45, 7) is 0. The van der Waals surface area contributed by atoms with Gasteiger partial charge in [0.05, 0.1) is 0 Å². The van der Waals surface area contributed by atoms with Crippen molar-refractivity contribution < 1.29 is 0 Å². The first-order valence-corrected chi connectivity index (χ1v) is 19.3. The van der Waals surface area contributed by atoms with Gasteiger partial charge in [-0.2, -0.15) is 0 Å². The molecular formula is C45H25N3S3. The van der Waals surface area contributed by atoms with E-state index >= 15 is 0 Å². The standard InChI is InChI=1S/C45H25N3S3/c1-4-19-34-29(13-1)40-28(16-8-22-37(40)49-34)26-11-7-12-27(25-26)43-46-44(32-17-9-23-38-41(32)30-14-2-5-20-35(30)50-38)48-45(47-43)33-18-10-24-39-42(33)31-15-3-6-21-36(31)51-39/h1-25H. The molecule has 3 nitrogen and oxygen atoms in total. The zero-order chi connectivity index (χ0) is 33.5. The third-order valence-corrected chi connectivity index (χ3v) is 13.2. The van der Waals surface area contributed by atoms with Crippen LogP contribution in [0.4, 0.5) is 0 Å². The maximum Gasteiger partial charge on any atom is 0.164 e. The van der Waals surface area contributed by atoms with E-state index in [9.17, 15) is 0 Å². The van der Waals surface area contributed by atoms with Crippen LogP contribution in [0.2, 0.25) is 0 Å². The van der Waals surface area contributed by atoms with Crippen molar-refractivity contribution in [3.63, 3.8) is 0 Å². The van der Waals surface area contributed by atoms with Gasteiger partial charge < -0.3 is 0 Å². The van der Waals surface area contributed by atoms with Crippen molar-refractivity contribution >= 4 is 94.5 Å². The average Bonchev–Trinajstić information content (AvgIpc) is 3.89. The molecule has 4 heterocycles. The second-order valence-electron chi connectivity index (χ2n) is 12.7. The van der Waals surface area contributed by atoms with Gasteiger partial charge in [-0.1, -0.05) is 109 Å². The molecule has 0 fully saturated rings. The number of benzene rings is 7. The first-order valence-electron chi connectivity index (χ1n) is 16.9. The van der Waals surface area contributed by atoms with Crippen LogP contribution in [0.1, 0.15) is 0 Å². The van der Waals surface area contributed by atoms with Gasteiger partial charge in [0.2, 0.25) is 0 Å². The van der Waals surface area contributed by atoms with Crippen LogP contribution in [-0.4, -0.2) is 15.0 Å². The zero-order valence-electron chi connectivity index (χ0n) is 27.0. The molecule has 0 amide bonds. The summed E-state index contributed by atoms with van der Waals surface area (Å²) >= 11 is 5.46. The van der Waals surface area contributed by atoms with Crippen LogP contribution in [0.15, 0.2) is 152 Å². The summed E-state index contributed by atoms with van der Waals surface area (Å²) in [5.74, 6) is 2.02. The Morgan fingerprint density at radius 1 is 0.294 bits per heavy atom. The maximum absolute atomic E-state index is 5.31. The van der Waals surface area contributed by atoms with E-state index < -0.39 is 0 Å². The molecule has 0 saturated heterocycles. The van der Waals surface area contributed by atoms with Crippen LogP contribution >= 0.6 is 34.0 Å². The molecule has 11 rings (SSSR count). The Labute approximate surface area is 304 Å². The van der Waals surface area contributed by atoms with Gasteiger partial charge >= 0.3 is 0 Å². The van der Waals surface area contributed by atoms with Gasteiger partial charge in [0.1, 0.15) is 0 Å². The summed E-state index contributed by atoms with van der Waals surface area (Å²) in [5.41, 5.74) is 5.34. The molecule has 7 aromatic carbocycles. The fourth-order valence-electron chi connectivity index (χ4n) is 7.51. The minimum Gasteiger partial charge on any atom is -0.208 e. The molecule has 0 aliphatic rings. The lowest BCUT2D eigenvalue weighted by atomic mass is 9.98. The van der Waals surface area contributed by atoms with Gasteiger partial charge in [-0.15, -0.1) is 34.0 Å². The minimum absolute atomic E-state index is 0.660. The maximum atomic E-state index is 5.31. The summed E-state index contributed by atoms with van der Waals surface area (Å²) in [7, 11) is 0. The van der Waals surface area contributed by atoms with Crippen molar-refractivity contribution in [2.24, 2.45) is 0 Å². The summed E-state index contributed by atoms with van der Waals surface area (Å²) in [6.07, 6.45) is 0. The van der Waals surface area contributed by atoms with Crippen molar-refractivity contribution in [1.82, 2.24) is 15.0 Å². The van der Waals surface area contributed by atoms with Crippen LogP contribution < -0.4 is 0 Å². The summed E-state index contributed by atoms with van der Waals surface area (Å²) in [5, 5.41) is 7.39. The van der Waals surface area contributed by atoms with Gasteiger partial charge in [0, 0.05) is 77.2 Å². The number of hydrogen-bond acceptors (Lipinski definition) is 6. The fraction of sp³-hybridized carbons (Fsp3) is 0. The van der Waals surface area contributed by atoms with E-state index in [1.54, 1.807) is 0 Å². The highest BCUT2D eigenvalue weighted by atomic mass is 32.1. The molecule has 0 N–H and O–H groups in total. The topological polar surface area (TPSA) is 38.7 Å².